The summed E-state index contributed by atoms with van der Waals surface area (Å²) in [6, 6.07) is 7.12. The summed E-state index contributed by atoms with van der Waals surface area (Å²) in [5, 5.41) is 9.20. The molecule has 3 nitrogen and oxygen atoms in total. The maximum Gasteiger partial charge on any atom is 0.138 e. The molecule has 1 heterocycles. The van der Waals surface area contributed by atoms with Crippen molar-refractivity contribution in [2.24, 2.45) is 0 Å². The molecular weight excluding hydrogens is 226 g/mol. The number of benzene rings is 1. The fourth-order valence-electron chi connectivity index (χ4n) is 1.64. The van der Waals surface area contributed by atoms with Crippen LogP contribution in [0.3, 0.4) is 0 Å². The summed E-state index contributed by atoms with van der Waals surface area (Å²) in [4.78, 5) is 0. The van der Waals surface area contributed by atoms with E-state index in [9.17, 15) is 0 Å². The van der Waals surface area contributed by atoms with Crippen molar-refractivity contribution in [3.8, 4) is 11.8 Å². The SMILES string of the molecule is N#Cc1ccc(OC2CCOCC2)c(Cl)c1. The van der Waals surface area contributed by atoms with Gasteiger partial charge < -0.3 is 9.47 Å². The summed E-state index contributed by atoms with van der Waals surface area (Å²) < 4.78 is 11.0. The van der Waals surface area contributed by atoms with Gasteiger partial charge in [-0.2, -0.15) is 5.26 Å². The molecule has 0 spiro atoms. The standard InChI is InChI=1S/C12H12ClNO2/c13-11-7-9(8-14)1-2-12(11)16-10-3-5-15-6-4-10/h1-2,7,10H,3-6H2. The van der Waals surface area contributed by atoms with Crippen LogP contribution >= 0.6 is 11.6 Å². The Kier molecular flexibility index (Phi) is 3.66. The van der Waals surface area contributed by atoms with Crippen molar-refractivity contribution in [3.05, 3.63) is 28.8 Å². The van der Waals surface area contributed by atoms with Gasteiger partial charge in [0, 0.05) is 12.8 Å². The molecular formula is C12H12ClNO2. The van der Waals surface area contributed by atoms with E-state index in [-0.39, 0.29) is 6.10 Å². The number of hydrogen-bond donors (Lipinski definition) is 0. The summed E-state index contributed by atoms with van der Waals surface area (Å²) >= 11 is 6.02. The van der Waals surface area contributed by atoms with Crippen LogP contribution in [-0.4, -0.2) is 19.3 Å². The van der Waals surface area contributed by atoms with Gasteiger partial charge in [-0.1, -0.05) is 11.6 Å². The molecule has 0 aliphatic carbocycles. The van der Waals surface area contributed by atoms with E-state index in [1.165, 1.54) is 0 Å². The molecule has 1 fully saturated rings. The van der Waals surface area contributed by atoms with Crippen LogP contribution in [0.15, 0.2) is 18.2 Å². The molecule has 0 saturated carbocycles. The molecule has 0 N–H and O–H groups in total. The van der Waals surface area contributed by atoms with Crippen LogP contribution in [0.25, 0.3) is 0 Å². The number of halogens is 1. The summed E-state index contributed by atoms with van der Waals surface area (Å²) in [6.45, 7) is 1.47. The quantitative estimate of drug-likeness (QED) is 0.794. The highest BCUT2D eigenvalue weighted by atomic mass is 35.5. The predicted molar refractivity (Wildman–Crippen MR) is 60.6 cm³/mol. The maximum absolute atomic E-state index is 8.71. The summed E-state index contributed by atoms with van der Waals surface area (Å²) in [6.07, 6.45) is 1.94. The number of ether oxygens (including phenoxy) is 2. The zero-order valence-corrected chi connectivity index (χ0v) is 9.54. The van der Waals surface area contributed by atoms with Gasteiger partial charge in [0.05, 0.1) is 29.9 Å². The molecule has 0 bridgehead atoms. The van der Waals surface area contributed by atoms with Gasteiger partial charge in [-0.05, 0) is 18.2 Å². The van der Waals surface area contributed by atoms with Crippen LogP contribution in [0, 0.1) is 11.3 Å². The van der Waals surface area contributed by atoms with Crippen LogP contribution in [0.2, 0.25) is 5.02 Å². The Morgan fingerprint density at radius 3 is 2.75 bits per heavy atom. The molecule has 16 heavy (non-hydrogen) atoms. The molecule has 84 valence electrons. The number of rotatable bonds is 2. The maximum atomic E-state index is 8.71. The molecule has 1 aromatic carbocycles. The zero-order chi connectivity index (χ0) is 11.4. The molecule has 1 aliphatic rings. The minimum Gasteiger partial charge on any atom is -0.489 e. The second-order valence-corrected chi connectivity index (χ2v) is 4.09. The van der Waals surface area contributed by atoms with Crippen molar-refractivity contribution in [3.63, 3.8) is 0 Å². The lowest BCUT2D eigenvalue weighted by atomic mass is 10.1. The van der Waals surface area contributed by atoms with E-state index in [1.807, 2.05) is 6.07 Å². The Morgan fingerprint density at radius 2 is 2.12 bits per heavy atom. The van der Waals surface area contributed by atoms with Gasteiger partial charge in [0.25, 0.3) is 0 Å². The molecule has 1 saturated heterocycles. The first-order valence-electron chi connectivity index (χ1n) is 5.23. The van der Waals surface area contributed by atoms with Gasteiger partial charge in [0.1, 0.15) is 11.9 Å². The minimum absolute atomic E-state index is 0.166. The van der Waals surface area contributed by atoms with E-state index < -0.39 is 0 Å². The molecule has 0 aromatic heterocycles. The first-order chi connectivity index (χ1) is 7.79. The second-order valence-electron chi connectivity index (χ2n) is 3.69. The Labute approximate surface area is 99.5 Å². The highest BCUT2D eigenvalue weighted by Gasteiger charge is 2.16. The molecule has 1 aliphatic heterocycles. The van der Waals surface area contributed by atoms with E-state index in [0.29, 0.717) is 16.3 Å². The number of nitriles is 1. The number of hydrogen-bond acceptors (Lipinski definition) is 3. The van der Waals surface area contributed by atoms with Crippen molar-refractivity contribution in [2.45, 2.75) is 18.9 Å². The van der Waals surface area contributed by atoms with Gasteiger partial charge in [-0.25, -0.2) is 0 Å². The van der Waals surface area contributed by atoms with E-state index in [4.69, 9.17) is 26.3 Å². The third-order valence-corrected chi connectivity index (χ3v) is 2.82. The third-order valence-electron chi connectivity index (χ3n) is 2.52. The van der Waals surface area contributed by atoms with Crippen LogP contribution in [-0.2, 0) is 4.74 Å². The summed E-state index contributed by atoms with van der Waals surface area (Å²) in [7, 11) is 0. The fraction of sp³-hybridized carbons (Fsp3) is 0.417. The molecule has 0 amide bonds. The lowest BCUT2D eigenvalue weighted by Gasteiger charge is -2.23. The average molecular weight is 238 g/mol. The van der Waals surface area contributed by atoms with Crippen LogP contribution in [0.1, 0.15) is 18.4 Å². The van der Waals surface area contributed by atoms with Crippen LogP contribution in [0.4, 0.5) is 0 Å². The average Bonchev–Trinajstić information content (AvgIpc) is 2.33. The highest BCUT2D eigenvalue weighted by molar-refractivity contribution is 6.32. The highest BCUT2D eigenvalue weighted by Crippen LogP contribution is 2.27. The monoisotopic (exact) mass is 237 g/mol. The molecule has 4 heteroatoms. The molecule has 0 unspecified atom stereocenters. The zero-order valence-electron chi connectivity index (χ0n) is 8.78. The van der Waals surface area contributed by atoms with Gasteiger partial charge >= 0.3 is 0 Å². The third kappa shape index (κ3) is 2.66. The van der Waals surface area contributed by atoms with E-state index >= 15 is 0 Å². The largest absolute Gasteiger partial charge is 0.489 e. The smallest absolute Gasteiger partial charge is 0.138 e. The van der Waals surface area contributed by atoms with Crippen LogP contribution < -0.4 is 4.74 Å². The molecule has 2 rings (SSSR count). The Balaban J connectivity index is 2.06. The van der Waals surface area contributed by atoms with Gasteiger partial charge in [-0.3, -0.25) is 0 Å². The van der Waals surface area contributed by atoms with Crippen molar-refractivity contribution in [2.75, 3.05) is 13.2 Å². The minimum atomic E-state index is 0.166. The first kappa shape index (κ1) is 11.3. The summed E-state index contributed by atoms with van der Waals surface area (Å²) in [5.74, 6) is 0.646. The fourth-order valence-corrected chi connectivity index (χ4v) is 1.86. The van der Waals surface area contributed by atoms with Crippen molar-refractivity contribution < 1.29 is 9.47 Å². The van der Waals surface area contributed by atoms with E-state index in [2.05, 4.69) is 0 Å². The molecule has 0 radical (unpaired) electrons. The number of nitrogens with zero attached hydrogens (tertiary/aromatic N) is 1. The van der Waals surface area contributed by atoms with Gasteiger partial charge in [0.15, 0.2) is 0 Å². The Bertz CT molecular complexity index is 408. The van der Waals surface area contributed by atoms with Gasteiger partial charge in [0.2, 0.25) is 0 Å². The first-order valence-corrected chi connectivity index (χ1v) is 5.61. The topological polar surface area (TPSA) is 42.2 Å². The Hall–Kier alpha value is -1.24. The van der Waals surface area contributed by atoms with Crippen molar-refractivity contribution in [1.82, 2.24) is 0 Å². The van der Waals surface area contributed by atoms with Crippen molar-refractivity contribution in [1.29, 1.82) is 5.26 Å². The lowest BCUT2D eigenvalue weighted by Crippen LogP contribution is -2.25. The molecule has 0 atom stereocenters. The van der Waals surface area contributed by atoms with E-state index in [1.54, 1.807) is 18.2 Å². The summed E-state index contributed by atoms with van der Waals surface area (Å²) in [5.41, 5.74) is 0.546. The molecule has 1 aromatic rings. The van der Waals surface area contributed by atoms with Crippen LogP contribution in [0.5, 0.6) is 5.75 Å². The van der Waals surface area contributed by atoms with E-state index in [0.717, 1.165) is 26.1 Å². The van der Waals surface area contributed by atoms with Crippen molar-refractivity contribution >= 4 is 11.6 Å². The predicted octanol–water partition coefficient (Wildman–Crippen LogP) is 2.77. The second kappa shape index (κ2) is 5.20. The lowest BCUT2D eigenvalue weighted by molar-refractivity contribution is 0.0256. The Morgan fingerprint density at radius 1 is 1.38 bits per heavy atom. The van der Waals surface area contributed by atoms with Gasteiger partial charge in [-0.15, -0.1) is 0 Å². The normalized spacial score (nSPS) is 16.8.